The van der Waals surface area contributed by atoms with Crippen LogP contribution in [0.25, 0.3) is 21.8 Å². The molecule has 6 heteroatoms. The number of nitrogens with zero attached hydrogens (tertiary/aromatic N) is 1. The predicted molar refractivity (Wildman–Crippen MR) is 159 cm³/mol. The number of fused-ring (bicyclic) bond motifs is 3. The molecule has 0 radical (unpaired) electrons. The van der Waals surface area contributed by atoms with E-state index in [1.54, 1.807) is 17.8 Å². The molecule has 0 atom stereocenters. The highest BCUT2D eigenvalue weighted by atomic mass is 35.5. The SMILES string of the molecule is CCn1c2ccc(C(=O)C(=N)CCSc3ccc(Cl)cc3)cc2c2cc(C(=O)c3ccccc3C)ccc21. The Morgan fingerprint density at radius 2 is 1.50 bits per heavy atom. The number of carbonyl (C=O) groups excluding carboxylic acids is 2. The number of Topliss-reactive ketones (excluding diaryl/α,β-unsaturated/α-hetero) is 1. The number of thioether (sulfide) groups is 1. The first kappa shape index (κ1) is 26.0. The van der Waals surface area contributed by atoms with Crippen molar-refractivity contribution in [3.8, 4) is 0 Å². The third-order valence-electron chi connectivity index (χ3n) is 6.80. The van der Waals surface area contributed by atoms with Gasteiger partial charge in [-0.25, -0.2) is 0 Å². The zero-order valence-corrected chi connectivity index (χ0v) is 22.8. The minimum absolute atomic E-state index is 0.0189. The van der Waals surface area contributed by atoms with Crippen molar-refractivity contribution < 1.29 is 9.59 Å². The van der Waals surface area contributed by atoms with E-state index >= 15 is 0 Å². The highest BCUT2D eigenvalue weighted by Gasteiger charge is 2.18. The first-order chi connectivity index (χ1) is 18.4. The fourth-order valence-corrected chi connectivity index (χ4v) is 5.80. The Balaban J connectivity index is 1.44. The summed E-state index contributed by atoms with van der Waals surface area (Å²) in [7, 11) is 0. The molecule has 0 bridgehead atoms. The van der Waals surface area contributed by atoms with Gasteiger partial charge in [-0.05, 0) is 80.1 Å². The lowest BCUT2D eigenvalue weighted by atomic mass is 9.97. The average Bonchev–Trinajstić information content (AvgIpc) is 3.25. The van der Waals surface area contributed by atoms with E-state index in [1.807, 2.05) is 85.8 Å². The normalized spacial score (nSPS) is 11.2. The molecule has 1 aromatic heterocycles. The Hall–Kier alpha value is -3.67. The topological polar surface area (TPSA) is 62.9 Å². The van der Waals surface area contributed by atoms with Crippen molar-refractivity contribution in [2.45, 2.75) is 31.7 Å². The molecule has 0 amide bonds. The summed E-state index contributed by atoms with van der Waals surface area (Å²) in [5.74, 6) is 0.344. The van der Waals surface area contributed by atoms with E-state index in [0.717, 1.165) is 38.8 Å². The van der Waals surface area contributed by atoms with Crippen LogP contribution in [-0.2, 0) is 6.54 Å². The van der Waals surface area contributed by atoms with Gasteiger partial charge in [0.25, 0.3) is 0 Å². The standard InChI is InChI=1S/C32H27ClN2O2S/c1-3-35-29-14-8-21(31(36)25-7-5-4-6-20(25)2)18-26(29)27-19-22(9-15-30(27)35)32(37)28(34)16-17-38-24-12-10-23(33)11-13-24/h4-15,18-19,34H,3,16-17H2,1-2H3. The molecule has 5 aromatic rings. The van der Waals surface area contributed by atoms with Crippen molar-refractivity contribution in [2.24, 2.45) is 0 Å². The van der Waals surface area contributed by atoms with E-state index in [1.165, 1.54) is 0 Å². The van der Waals surface area contributed by atoms with Crippen LogP contribution in [0.15, 0.2) is 89.8 Å². The smallest absolute Gasteiger partial charge is 0.206 e. The highest BCUT2D eigenvalue weighted by molar-refractivity contribution is 7.99. The number of ketones is 2. The molecule has 0 saturated heterocycles. The lowest BCUT2D eigenvalue weighted by molar-refractivity contribution is 0.103. The van der Waals surface area contributed by atoms with E-state index < -0.39 is 0 Å². The number of carbonyl (C=O) groups is 2. The van der Waals surface area contributed by atoms with Crippen molar-refractivity contribution in [2.75, 3.05) is 5.75 Å². The Morgan fingerprint density at radius 1 is 0.868 bits per heavy atom. The van der Waals surface area contributed by atoms with Gasteiger partial charge < -0.3 is 9.98 Å². The summed E-state index contributed by atoms with van der Waals surface area (Å²) < 4.78 is 2.19. The van der Waals surface area contributed by atoms with Gasteiger partial charge in [-0.2, -0.15) is 0 Å². The number of aromatic nitrogens is 1. The minimum Gasteiger partial charge on any atom is -0.341 e. The van der Waals surface area contributed by atoms with Gasteiger partial charge in [0.15, 0.2) is 5.78 Å². The molecule has 0 aliphatic heterocycles. The number of nitrogens with one attached hydrogen (secondary N) is 1. The molecule has 1 heterocycles. The van der Waals surface area contributed by atoms with Gasteiger partial charge in [0, 0.05) is 67.1 Å². The highest BCUT2D eigenvalue weighted by Crippen LogP contribution is 2.32. The van der Waals surface area contributed by atoms with Crippen molar-refractivity contribution in [3.63, 3.8) is 0 Å². The third-order valence-corrected chi connectivity index (χ3v) is 8.07. The van der Waals surface area contributed by atoms with E-state index in [9.17, 15) is 9.59 Å². The van der Waals surface area contributed by atoms with Crippen LogP contribution in [0.3, 0.4) is 0 Å². The molecule has 0 fully saturated rings. The molecule has 4 nitrogen and oxygen atoms in total. The van der Waals surface area contributed by atoms with E-state index in [-0.39, 0.29) is 17.3 Å². The van der Waals surface area contributed by atoms with Gasteiger partial charge in [0.1, 0.15) is 0 Å². The second-order valence-corrected chi connectivity index (χ2v) is 10.8. The number of rotatable bonds is 9. The Labute approximate surface area is 231 Å². The zero-order chi connectivity index (χ0) is 26.8. The van der Waals surface area contributed by atoms with Crippen molar-refractivity contribution in [1.29, 1.82) is 5.41 Å². The predicted octanol–water partition coefficient (Wildman–Crippen LogP) is 8.39. The summed E-state index contributed by atoms with van der Waals surface area (Å²) in [6.07, 6.45) is 0.371. The van der Waals surface area contributed by atoms with Gasteiger partial charge in [-0.3, -0.25) is 9.59 Å². The molecule has 0 saturated carbocycles. The van der Waals surface area contributed by atoms with Crippen LogP contribution in [0.2, 0.25) is 5.02 Å². The molecule has 190 valence electrons. The summed E-state index contributed by atoms with van der Waals surface area (Å²) in [5, 5.41) is 10.9. The van der Waals surface area contributed by atoms with Crippen molar-refractivity contribution in [3.05, 3.63) is 112 Å². The van der Waals surface area contributed by atoms with Gasteiger partial charge >= 0.3 is 0 Å². The first-order valence-corrected chi connectivity index (χ1v) is 13.9. The number of hydrogen-bond acceptors (Lipinski definition) is 4. The lowest BCUT2D eigenvalue weighted by Crippen LogP contribution is -2.14. The van der Waals surface area contributed by atoms with Crippen LogP contribution in [0, 0.1) is 12.3 Å². The summed E-state index contributed by atoms with van der Waals surface area (Å²) in [6.45, 7) is 4.78. The lowest BCUT2D eigenvalue weighted by Gasteiger charge is -2.06. The zero-order valence-electron chi connectivity index (χ0n) is 21.3. The average molecular weight is 539 g/mol. The molecule has 0 aliphatic rings. The maximum atomic E-state index is 13.3. The molecule has 0 aliphatic carbocycles. The molecule has 1 N–H and O–H groups in total. The fraction of sp³-hybridized carbons (Fsp3) is 0.156. The molecule has 5 rings (SSSR count). The van der Waals surface area contributed by atoms with Crippen LogP contribution >= 0.6 is 23.4 Å². The van der Waals surface area contributed by atoms with E-state index in [4.69, 9.17) is 17.0 Å². The van der Waals surface area contributed by atoms with Crippen LogP contribution < -0.4 is 0 Å². The Bertz CT molecular complexity index is 1700. The van der Waals surface area contributed by atoms with Crippen LogP contribution in [0.5, 0.6) is 0 Å². The van der Waals surface area contributed by atoms with Gasteiger partial charge in [0.05, 0.1) is 5.71 Å². The monoisotopic (exact) mass is 538 g/mol. The van der Waals surface area contributed by atoms with Crippen molar-refractivity contribution >= 4 is 62.4 Å². The Kier molecular flexibility index (Phi) is 7.50. The van der Waals surface area contributed by atoms with Crippen LogP contribution in [0.4, 0.5) is 0 Å². The summed E-state index contributed by atoms with van der Waals surface area (Å²) in [6, 6.07) is 26.6. The second-order valence-electron chi connectivity index (χ2n) is 9.21. The first-order valence-electron chi connectivity index (χ1n) is 12.5. The largest absolute Gasteiger partial charge is 0.341 e. The minimum atomic E-state index is -0.270. The fourth-order valence-electron chi connectivity index (χ4n) is 4.80. The van der Waals surface area contributed by atoms with Crippen LogP contribution in [0.1, 0.15) is 45.2 Å². The number of halogens is 1. The molecule has 0 unspecified atom stereocenters. The third kappa shape index (κ3) is 5.04. The summed E-state index contributed by atoms with van der Waals surface area (Å²) >= 11 is 7.54. The van der Waals surface area contributed by atoms with Gasteiger partial charge in [-0.1, -0.05) is 35.9 Å². The quantitative estimate of drug-likeness (QED) is 0.116. The van der Waals surface area contributed by atoms with E-state index in [2.05, 4.69) is 11.5 Å². The van der Waals surface area contributed by atoms with Crippen LogP contribution in [-0.4, -0.2) is 27.6 Å². The second kappa shape index (κ2) is 11.0. The summed E-state index contributed by atoms with van der Waals surface area (Å²) in [5.41, 5.74) is 4.84. The Morgan fingerprint density at radius 3 is 2.16 bits per heavy atom. The molecule has 38 heavy (non-hydrogen) atoms. The molecule has 0 spiro atoms. The maximum absolute atomic E-state index is 13.3. The van der Waals surface area contributed by atoms with Gasteiger partial charge in [-0.15, -0.1) is 11.8 Å². The molecular formula is C32H27ClN2O2S. The molecular weight excluding hydrogens is 512 g/mol. The number of aryl methyl sites for hydroxylation is 2. The number of benzene rings is 4. The van der Waals surface area contributed by atoms with E-state index in [0.29, 0.717) is 33.9 Å². The summed E-state index contributed by atoms with van der Waals surface area (Å²) in [4.78, 5) is 27.5. The maximum Gasteiger partial charge on any atom is 0.206 e. The number of hydrogen-bond donors (Lipinski definition) is 1. The van der Waals surface area contributed by atoms with Gasteiger partial charge in [0.2, 0.25) is 5.78 Å². The molecule has 4 aromatic carbocycles. The van der Waals surface area contributed by atoms with Crippen molar-refractivity contribution in [1.82, 2.24) is 4.57 Å².